The van der Waals surface area contributed by atoms with Crippen molar-refractivity contribution in [3.05, 3.63) is 29.8 Å². The van der Waals surface area contributed by atoms with Gasteiger partial charge in [0, 0.05) is 12.3 Å². The Morgan fingerprint density at radius 1 is 1.39 bits per heavy atom. The number of carbonyl (C=O) groups excluding carboxylic acids is 1. The predicted octanol–water partition coefficient (Wildman–Crippen LogP) is 2.90. The van der Waals surface area contributed by atoms with Gasteiger partial charge in [-0.1, -0.05) is 12.1 Å². The molecule has 0 bridgehead atoms. The molecule has 1 aromatic carbocycles. The van der Waals surface area contributed by atoms with E-state index in [1.807, 2.05) is 31.2 Å². The van der Waals surface area contributed by atoms with Crippen LogP contribution >= 0.6 is 11.6 Å². The van der Waals surface area contributed by atoms with Gasteiger partial charge in [0.25, 0.3) is 0 Å². The Morgan fingerprint density at radius 3 is 2.94 bits per heavy atom. The van der Waals surface area contributed by atoms with E-state index in [0.29, 0.717) is 25.5 Å². The van der Waals surface area contributed by atoms with Crippen LogP contribution in [-0.4, -0.2) is 24.9 Å². The monoisotopic (exact) mass is 269 g/mol. The van der Waals surface area contributed by atoms with Gasteiger partial charge in [0.1, 0.15) is 12.4 Å². The number of carbonyl (C=O) groups is 1. The lowest BCUT2D eigenvalue weighted by molar-refractivity contribution is -0.121. The fourth-order valence-electron chi connectivity index (χ4n) is 1.53. The lowest BCUT2D eigenvalue weighted by Gasteiger charge is -2.08. The molecule has 0 aliphatic heterocycles. The fraction of sp³-hybridized carbons (Fsp3) is 0.500. The summed E-state index contributed by atoms with van der Waals surface area (Å²) in [6.45, 7) is 3.05. The molecule has 0 aromatic heterocycles. The fourth-order valence-corrected chi connectivity index (χ4v) is 1.72. The first-order chi connectivity index (χ1) is 8.72. The van der Waals surface area contributed by atoms with E-state index in [1.54, 1.807) is 0 Å². The molecule has 1 N–H and O–H groups in total. The molecule has 0 aliphatic rings. The molecule has 0 heterocycles. The first-order valence-electron chi connectivity index (χ1n) is 6.24. The Kier molecular flexibility index (Phi) is 7.26. The Bertz CT molecular complexity index is 369. The van der Waals surface area contributed by atoms with Crippen LogP contribution in [0.2, 0.25) is 0 Å². The zero-order valence-corrected chi connectivity index (χ0v) is 11.5. The minimum atomic E-state index is 0.0629. The summed E-state index contributed by atoms with van der Waals surface area (Å²) in [6.07, 6.45) is 2.26. The normalized spacial score (nSPS) is 10.1. The summed E-state index contributed by atoms with van der Waals surface area (Å²) in [5, 5.41) is 2.82. The molecule has 100 valence electrons. The van der Waals surface area contributed by atoms with Crippen LogP contribution in [0.15, 0.2) is 24.3 Å². The van der Waals surface area contributed by atoms with Crippen molar-refractivity contribution in [1.82, 2.24) is 5.32 Å². The van der Waals surface area contributed by atoms with Gasteiger partial charge in [-0.25, -0.2) is 0 Å². The van der Waals surface area contributed by atoms with E-state index in [2.05, 4.69) is 5.32 Å². The molecule has 0 saturated carbocycles. The molecule has 0 radical (unpaired) electrons. The SMILES string of the molecule is Cc1cccc(OCCNC(=O)CCCCCl)c1. The lowest BCUT2D eigenvalue weighted by Crippen LogP contribution is -2.27. The van der Waals surface area contributed by atoms with Crippen LogP contribution in [0.4, 0.5) is 0 Å². The average Bonchev–Trinajstić information content (AvgIpc) is 2.35. The van der Waals surface area contributed by atoms with E-state index in [-0.39, 0.29) is 5.91 Å². The highest BCUT2D eigenvalue weighted by Crippen LogP contribution is 2.11. The Labute approximate surface area is 113 Å². The second-order valence-corrected chi connectivity index (χ2v) is 4.54. The molecule has 18 heavy (non-hydrogen) atoms. The summed E-state index contributed by atoms with van der Waals surface area (Å²) in [5.74, 6) is 1.52. The zero-order chi connectivity index (χ0) is 13.2. The Hall–Kier alpha value is -1.22. The molecule has 1 rings (SSSR count). The first-order valence-corrected chi connectivity index (χ1v) is 6.78. The van der Waals surface area contributed by atoms with Gasteiger partial charge in [-0.3, -0.25) is 4.79 Å². The number of amides is 1. The predicted molar refractivity (Wildman–Crippen MR) is 74.3 cm³/mol. The van der Waals surface area contributed by atoms with Crippen LogP contribution in [0, 0.1) is 6.92 Å². The summed E-state index contributed by atoms with van der Waals surface area (Å²) >= 11 is 5.54. The van der Waals surface area contributed by atoms with E-state index >= 15 is 0 Å². The third kappa shape index (κ3) is 6.50. The van der Waals surface area contributed by atoms with Crippen molar-refractivity contribution in [3.63, 3.8) is 0 Å². The summed E-state index contributed by atoms with van der Waals surface area (Å²) in [7, 11) is 0. The molecule has 1 aromatic rings. The van der Waals surface area contributed by atoms with Gasteiger partial charge in [-0.2, -0.15) is 0 Å². The van der Waals surface area contributed by atoms with Crippen molar-refractivity contribution in [1.29, 1.82) is 0 Å². The smallest absolute Gasteiger partial charge is 0.220 e. The molecule has 4 heteroatoms. The number of unbranched alkanes of at least 4 members (excludes halogenated alkanes) is 1. The second kappa shape index (κ2) is 8.81. The zero-order valence-electron chi connectivity index (χ0n) is 10.7. The maximum atomic E-state index is 11.4. The van der Waals surface area contributed by atoms with Crippen LogP contribution in [0.25, 0.3) is 0 Å². The van der Waals surface area contributed by atoms with Crippen molar-refractivity contribution in [3.8, 4) is 5.75 Å². The molecule has 0 saturated heterocycles. The number of aryl methyl sites for hydroxylation is 1. The van der Waals surface area contributed by atoms with E-state index in [4.69, 9.17) is 16.3 Å². The van der Waals surface area contributed by atoms with Gasteiger partial charge in [0.2, 0.25) is 5.91 Å². The highest BCUT2D eigenvalue weighted by molar-refractivity contribution is 6.17. The molecule has 0 atom stereocenters. The van der Waals surface area contributed by atoms with Crippen LogP contribution < -0.4 is 10.1 Å². The van der Waals surface area contributed by atoms with E-state index in [9.17, 15) is 4.79 Å². The molecule has 3 nitrogen and oxygen atoms in total. The summed E-state index contributed by atoms with van der Waals surface area (Å²) in [6, 6.07) is 7.86. The molecular formula is C14H20ClNO2. The molecule has 0 aliphatic carbocycles. The summed E-state index contributed by atoms with van der Waals surface area (Å²) in [4.78, 5) is 11.4. The molecule has 0 unspecified atom stereocenters. The van der Waals surface area contributed by atoms with E-state index in [1.165, 1.54) is 0 Å². The number of alkyl halides is 1. The van der Waals surface area contributed by atoms with Crippen LogP contribution in [0.3, 0.4) is 0 Å². The standard InChI is InChI=1S/C14H20ClNO2/c1-12-5-4-6-13(11-12)18-10-9-16-14(17)7-2-3-8-15/h4-6,11H,2-3,7-10H2,1H3,(H,16,17). The lowest BCUT2D eigenvalue weighted by atomic mass is 10.2. The average molecular weight is 270 g/mol. The summed E-state index contributed by atoms with van der Waals surface area (Å²) in [5.41, 5.74) is 1.16. The van der Waals surface area contributed by atoms with E-state index < -0.39 is 0 Å². The number of rotatable bonds is 8. The molecular weight excluding hydrogens is 250 g/mol. The maximum absolute atomic E-state index is 11.4. The highest BCUT2D eigenvalue weighted by Gasteiger charge is 2.00. The van der Waals surface area contributed by atoms with Crippen molar-refractivity contribution in [2.75, 3.05) is 19.0 Å². The third-order valence-corrected chi connectivity index (χ3v) is 2.74. The van der Waals surface area contributed by atoms with E-state index in [0.717, 1.165) is 24.2 Å². The summed E-state index contributed by atoms with van der Waals surface area (Å²) < 4.78 is 5.53. The molecule has 1 amide bonds. The van der Waals surface area contributed by atoms with Crippen molar-refractivity contribution in [2.45, 2.75) is 26.2 Å². The number of nitrogens with one attached hydrogen (secondary N) is 1. The largest absolute Gasteiger partial charge is 0.492 e. The van der Waals surface area contributed by atoms with Gasteiger partial charge in [0.05, 0.1) is 6.54 Å². The quantitative estimate of drug-likeness (QED) is 0.582. The molecule has 0 fully saturated rings. The van der Waals surface area contributed by atoms with Gasteiger partial charge in [0.15, 0.2) is 0 Å². The molecule has 0 spiro atoms. The Morgan fingerprint density at radius 2 is 2.22 bits per heavy atom. The van der Waals surface area contributed by atoms with Gasteiger partial charge in [-0.05, 0) is 37.5 Å². The van der Waals surface area contributed by atoms with Gasteiger partial charge >= 0.3 is 0 Å². The second-order valence-electron chi connectivity index (χ2n) is 4.16. The number of ether oxygens (including phenoxy) is 1. The minimum Gasteiger partial charge on any atom is -0.492 e. The number of hydrogen-bond donors (Lipinski definition) is 1. The topological polar surface area (TPSA) is 38.3 Å². The van der Waals surface area contributed by atoms with Crippen LogP contribution in [-0.2, 0) is 4.79 Å². The maximum Gasteiger partial charge on any atom is 0.220 e. The third-order valence-electron chi connectivity index (χ3n) is 2.47. The minimum absolute atomic E-state index is 0.0629. The van der Waals surface area contributed by atoms with Crippen molar-refractivity contribution in [2.24, 2.45) is 0 Å². The first kappa shape index (κ1) is 14.8. The van der Waals surface area contributed by atoms with Crippen LogP contribution in [0.5, 0.6) is 5.75 Å². The number of halogens is 1. The number of benzene rings is 1. The van der Waals surface area contributed by atoms with Gasteiger partial charge in [-0.15, -0.1) is 11.6 Å². The van der Waals surface area contributed by atoms with Gasteiger partial charge < -0.3 is 10.1 Å². The van der Waals surface area contributed by atoms with Crippen molar-refractivity contribution >= 4 is 17.5 Å². The van der Waals surface area contributed by atoms with Crippen LogP contribution in [0.1, 0.15) is 24.8 Å². The number of hydrogen-bond acceptors (Lipinski definition) is 2. The highest BCUT2D eigenvalue weighted by atomic mass is 35.5. The van der Waals surface area contributed by atoms with Crippen molar-refractivity contribution < 1.29 is 9.53 Å². The Balaban J connectivity index is 2.09.